The number of imide groups is 1. The first-order chi connectivity index (χ1) is 11.3. The molecule has 2 heterocycles. The number of benzene rings is 1. The average Bonchev–Trinajstić information content (AvgIpc) is 2.59. The fourth-order valence-electron chi connectivity index (χ4n) is 3.15. The fraction of sp³-hybridized carbons (Fsp3) is 0.529. The van der Waals surface area contributed by atoms with E-state index in [1.807, 2.05) is 30.3 Å². The number of hydrogen-bond acceptors (Lipinski definition) is 4. The van der Waals surface area contributed by atoms with Gasteiger partial charge in [-0.25, -0.2) is 4.79 Å². The van der Waals surface area contributed by atoms with Gasteiger partial charge in [0, 0.05) is 51.4 Å². The number of hydrogen-bond donors (Lipinski definition) is 1. The van der Waals surface area contributed by atoms with Crippen molar-refractivity contribution in [1.82, 2.24) is 15.1 Å². The lowest BCUT2D eigenvalue weighted by Gasteiger charge is -2.35. The van der Waals surface area contributed by atoms with Gasteiger partial charge in [-0.2, -0.15) is 0 Å². The zero-order chi connectivity index (χ0) is 16.1. The maximum atomic E-state index is 12.6. The molecular weight excluding hydrogens is 292 g/mol. The van der Waals surface area contributed by atoms with Crippen LogP contribution >= 0.6 is 0 Å². The van der Waals surface area contributed by atoms with Gasteiger partial charge in [0.05, 0.1) is 0 Å². The van der Waals surface area contributed by atoms with Crippen LogP contribution in [0.15, 0.2) is 30.3 Å². The molecule has 1 aromatic rings. The second-order valence-corrected chi connectivity index (χ2v) is 6.01. The van der Waals surface area contributed by atoms with Crippen LogP contribution in [0.1, 0.15) is 12.8 Å². The van der Waals surface area contributed by atoms with Gasteiger partial charge in [-0.3, -0.25) is 14.6 Å². The summed E-state index contributed by atoms with van der Waals surface area (Å²) in [5.41, 5.74) is 0.858. The SMILES string of the molecule is O=C1CCN(c2ccccc2)C(=O)N1CCCN1CCNCC1. The summed E-state index contributed by atoms with van der Waals surface area (Å²) >= 11 is 0. The number of nitrogens with one attached hydrogen (secondary N) is 1. The van der Waals surface area contributed by atoms with Crippen molar-refractivity contribution in [3.05, 3.63) is 30.3 Å². The van der Waals surface area contributed by atoms with E-state index in [0.717, 1.165) is 44.8 Å². The van der Waals surface area contributed by atoms with E-state index in [1.54, 1.807) is 4.90 Å². The maximum Gasteiger partial charge on any atom is 0.331 e. The van der Waals surface area contributed by atoms with E-state index in [0.29, 0.717) is 19.5 Å². The molecular formula is C17H24N4O2. The summed E-state index contributed by atoms with van der Waals surface area (Å²) in [4.78, 5) is 30.2. The van der Waals surface area contributed by atoms with E-state index < -0.39 is 0 Å². The molecule has 0 aromatic heterocycles. The lowest BCUT2D eigenvalue weighted by atomic mass is 10.2. The van der Waals surface area contributed by atoms with Gasteiger partial charge < -0.3 is 10.2 Å². The highest BCUT2D eigenvalue weighted by Gasteiger charge is 2.32. The molecule has 0 bridgehead atoms. The number of rotatable bonds is 5. The number of anilines is 1. The van der Waals surface area contributed by atoms with E-state index in [1.165, 1.54) is 4.90 Å². The monoisotopic (exact) mass is 316 g/mol. The number of piperazine rings is 1. The highest BCUT2D eigenvalue weighted by Crippen LogP contribution is 2.20. The summed E-state index contributed by atoms with van der Waals surface area (Å²) in [5, 5.41) is 3.33. The lowest BCUT2D eigenvalue weighted by Crippen LogP contribution is -2.53. The predicted octanol–water partition coefficient (Wildman–Crippen LogP) is 1.14. The van der Waals surface area contributed by atoms with Crippen LogP contribution in [0.25, 0.3) is 0 Å². The van der Waals surface area contributed by atoms with Gasteiger partial charge in [0.15, 0.2) is 0 Å². The highest BCUT2D eigenvalue weighted by molar-refractivity contribution is 6.05. The number of para-hydroxylation sites is 1. The molecule has 2 aliphatic heterocycles. The third-order valence-electron chi connectivity index (χ3n) is 4.45. The van der Waals surface area contributed by atoms with Crippen LogP contribution in [0.4, 0.5) is 10.5 Å². The van der Waals surface area contributed by atoms with Crippen LogP contribution in [0.5, 0.6) is 0 Å². The summed E-state index contributed by atoms with van der Waals surface area (Å²) in [6, 6.07) is 9.38. The molecule has 2 aliphatic rings. The van der Waals surface area contributed by atoms with Crippen molar-refractivity contribution in [2.45, 2.75) is 12.8 Å². The third-order valence-corrected chi connectivity index (χ3v) is 4.45. The standard InChI is InChI=1S/C17H24N4O2/c22-16-7-12-20(15-5-2-1-3-6-15)17(23)21(16)11-4-10-19-13-8-18-9-14-19/h1-3,5-6,18H,4,7-14H2. The summed E-state index contributed by atoms with van der Waals surface area (Å²) < 4.78 is 0. The molecule has 6 heteroatoms. The average molecular weight is 316 g/mol. The number of carbonyl (C=O) groups excluding carboxylic acids is 2. The molecule has 1 N–H and O–H groups in total. The normalized spacial score (nSPS) is 20.2. The van der Waals surface area contributed by atoms with Gasteiger partial charge in [-0.1, -0.05) is 18.2 Å². The Labute approximate surface area is 137 Å². The number of urea groups is 1. The molecule has 0 spiro atoms. The summed E-state index contributed by atoms with van der Waals surface area (Å²) in [5.74, 6) is -0.0532. The molecule has 3 amide bonds. The van der Waals surface area contributed by atoms with Crippen LogP contribution in [0, 0.1) is 0 Å². The van der Waals surface area contributed by atoms with Gasteiger partial charge in [0.2, 0.25) is 5.91 Å². The Balaban J connectivity index is 1.56. The maximum absolute atomic E-state index is 12.6. The van der Waals surface area contributed by atoms with E-state index in [4.69, 9.17) is 0 Å². The van der Waals surface area contributed by atoms with Crippen LogP contribution in [-0.4, -0.2) is 67.6 Å². The molecule has 1 aromatic carbocycles. The Hall–Kier alpha value is -1.92. The van der Waals surface area contributed by atoms with Crippen molar-refractivity contribution in [1.29, 1.82) is 0 Å². The summed E-state index contributed by atoms with van der Waals surface area (Å²) in [7, 11) is 0. The second-order valence-electron chi connectivity index (χ2n) is 6.01. The Bertz CT molecular complexity index is 543. The van der Waals surface area contributed by atoms with Crippen LogP contribution in [0.2, 0.25) is 0 Å². The first-order valence-corrected chi connectivity index (χ1v) is 8.36. The minimum atomic E-state index is -0.187. The van der Waals surface area contributed by atoms with Crippen LogP contribution in [0.3, 0.4) is 0 Å². The van der Waals surface area contributed by atoms with Gasteiger partial charge in [-0.05, 0) is 25.1 Å². The Kier molecular flexibility index (Phi) is 5.25. The van der Waals surface area contributed by atoms with Gasteiger partial charge in [0.1, 0.15) is 0 Å². The van der Waals surface area contributed by atoms with Crippen molar-refractivity contribution in [2.24, 2.45) is 0 Å². The topological polar surface area (TPSA) is 55.9 Å². The van der Waals surface area contributed by atoms with Crippen LogP contribution in [-0.2, 0) is 4.79 Å². The van der Waals surface area contributed by atoms with E-state index in [9.17, 15) is 9.59 Å². The molecule has 2 saturated heterocycles. The fourth-order valence-corrected chi connectivity index (χ4v) is 3.15. The zero-order valence-electron chi connectivity index (χ0n) is 13.4. The smallest absolute Gasteiger partial charge is 0.314 e. The molecule has 2 fully saturated rings. The van der Waals surface area contributed by atoms with Gasteiger partial charge >= 0.3 is 6.03 Å². The molecule has 0 atom stereocenters. The largest absolute Gasteiger partial charge is 0.331 e. The van der Waals surface area contributed by atoms with E-state index >= 15 is 0 Å². The van der Waals surface area contributed by atoms with E-state index in [-0.39, 0.29) is 11.9 Å². The third kappa shape index (κ3) is 3.89. The molecule has 0 radical (unpaired) electrons. The molecule has 6 nitrogen and oxygen atoms in total. The molecule has 23 heavy (non-hydrogen) atoms. The minimum Gasteiger partial charge on any atom is -0.314 e. The predicted molar refractivity (Wildman–Crippen MR) is 89.4 cm³/mol. The van der Waals surface area contributed by atoms with Crippen molar-refractivity contribution in [3.8, 4) is 0 Å². The minimum absolute atomic E-state index is 0.0532. The lowest BCUT2D eigenvalue weighted by molar-refractivity contribution is -0.128. The Morgan fingerprint density at radius 3 is 2.43 bits per heavy atom. The van der Waals surface area contributed by atoms with Crippen molar-refractivity contribution in [2.75, 3.05) is 50.7 Å². The molecule has 124 valence electrons. The van der Waals surface area contributed by atoms with Gasteiger partial charge in [-0.15, -0.1) is 0 Å². The first-order valence-electron chi connectivity index (χ1n) is 8.36. The highest BCUT2D eigenvalue weighted by atomic mass is 16.2. The molecule has 3 rings (SSSR count). The van der Waals surface area contributed by atoms with Crippen LogP contribution < -0.4 is 10.2 Å². The van der Waals surface area contributed by atoms with Crippen molar-refractivity contribution in [3.63, 3.8) is 0 Å². The Morgan fingerprint density at radius 1 is 0.957 bits per heavy atom. The second kappa shape index (κ2) is 7.57. The summed E-state index contributed by atoms with van der Waals surface area (Å²) in [6.07, 6.45) is 1.23. The number of amides is 3. The molecule has 0 saturated carbocycles. The van der Waals surface area contributed by atoms with E-state index in [2.05, 4.69) is 10.2 Å². The first kappa shape index (κ1) is 16.0. The zero-order valence-corrected chi connectivity index (χ0v) is 13.4. The quantitative estimate of drug-likeness (QED) is 0.885. The van der Waals surface area contributed by atoms with Crippen molar-refractivity contribution < 1.29 is 9.59 Å². The number of carbonyl (C=O) groups is 2. The molecule has 0 aliphatic carbocycles. The van der Waals surface area contributed by atoms with Gasteiger partial charge in [0.25, 0.3) is 0 Å². The summed E-state index contributed by atoms with van der Waals surface area (Å²) in [6.45, 7) is 6.02. The van der Waals surface area contributed by atoms with Crippen molar-refractivity contribution >= 4 is 17.6 Å². The molecule has 0 unspecified atom stereocenters. The Morgan fingerprint density at radius 2 is 1.70 bits per heavy atom. The number of nitrogens with zero attached hydrogens (tertiary/aromatic N) is 3.